The molecule has 1 N–H and O–H groups in total. The minimum absolute atomic E-state index is 0.580. The summed E-state index contributed by atoms with van der Waals surface area (Å²) in [4.78, 5) is 2.60. The summed E-state index contributed by atoms with van der Waals surface area (Å²) < 4.78 is 0. The van der Waals surface area contributed by atoms with Crippen LogP contribution in [0.5, 0.6) is 0 Å². The van der Waals surface area contributed by atoms with Crippen molar-refractivity contribution in [3.63, 3.8) is 0 Å². The van der Waals surface area contributed by atoms with E-state index in [2.05, 4.69) is 36.2 Å². The lowest BCUT2D eigenvalue weighted by Gasteiger charge is -2.48. The summed E-state index contributed by atoms with van der Waals surface area (Å²) in [6.07, 6.45) is 7.26. The molecule has 2 fully saturated rings. The van der Waals surface area contributed by atoms with Crippen LogP contribution in [0.4, 0.5) is 0 Å². The molecule has 2 bridgehead atoms. The van der Waals surface area contributed by atoms with Gasteiger partial charge in [0.05, 0.1) is 0 Å². The zero-order chi connectivity index (χ0) is 17.3. The molecule has 2 heteroatoms. The number of hydrogen-bond acceptors (Lipinski definition) is 2. The number of aliphatic hydroxyl groups is 1. The predicted octanol–water partition coefficient (Wildman–Crippen LogP) is 4.58. The first-order valence-corrected chi connectivity index (χ1v) is 9.72. The van der Waals surface area contributed by atoms with Gasteiger partial charge in [-0.05, 0) is 56.2 Å². The molecule has 4 rings (SSSR count). The Morgan fingerprint density at radius 1 is 0.880 bits per heavy atom. The van der Waals surface area contributed by atoms with Gasteiger partial charge in [0, 0.05) is 12.1 Å². The lowest BCUT2D eigenvalue weighted by molar-refractivity contribution is -0.00635. The topological polar surface area (TPSA) is 23.5 Å². The van der Waals surface area contributed by atoms with Gasteiger partial charge in [-0.2, -0.15) is 0 Å². The Labute approximate surface area is 151 Å². The molecule has 0 aliphatic carbocycles. The first kappa shape index (κ1) is 16.8. The number of rotatable bonds is 4. The monoisotopic (exact) mass is 335 g/mol. The quantitative estimate of drug-likeness (QED) is 0.884. The van der Waals surface area contributed by atoms with Gasteiger partial charge >= 0.3 is 0 Å². The molecular formula is C23H29NO. The van der Waals surface area contributed by atoms with E-state index < -0.39 is 5.60 Å². The fourth-order valence-electron chi connectivity index (χ4n) is 5.14. The van der Waals surface area contributed by atoms with E-state index in [4.69, 9.17) is 0 Å². The molecule has 2 aliphatic heterocycles. The van der Waals surface area contributed by atoms with Crippen molar-refractivity contribution in [2.75, 3.05) is 7.05 Å². The number of piperidine rings is 2. The van der Waals surface area contributed by atoms with Gasteiger partial charge in [-0.25, -0.2) is 0 Å². The molecule has 2 saturated heterocycles. The summed E-state index contributed by atoms with van der Waals surface area (Å²) in [5.74, 6) is 0.580. The fraction of sp³-hybridized carbons (Fsp3) is 0.478. The van der Waals surface area contributed by atoms with Crippen LogP contribution in [-0.4, -0.2) is 29.1 Å². The van der Waals surface area contributed by atoms with Crippen molar-refractivity contribution in [1.82, 2.24) is 4.90 Å². The highest BCUT2D eigenvalue weighted by Crippen LogP contribution is 2.43. The van der Waals surface area contributed by atoms with E-state index in [1.165, 1.54) is 32.1 Å². The molecule has 0 saturated carbocycles. The number of hydrogen-bond donors (Lipinski definition) is 1. The maximum atomic E-state index is 11.8. The van der Waals surface area contributed by atoms with Crippen molar-refractivity contribution < 1.29 is 5.11 Å². The molecule has 2 atom stereocenters. The molecule has 2 aromatic rings. The highest BCUT2D eigenvalue weighted by Gasteiger charge is 2.41. The van der Waals surface area contributed by atoms with Crippen molar-refractivity contribution >= 4 is 0 Å². The van der Waals surface area contributed by atoms with Crippen LogP contribution in [0, 0.1) is 5.92 Å². The van der Waals surface area contributed by atoms with Crippen LogP contribution in [0.1, 0.15) is 49.7 Å². The SMILES string of the molecule is CN1C2CCCC1CC(CC(O)(c1ccccc1)c1ccccc1)C2. The van der Waals surface area contributed by atoms with Gasteiger partial charge in [0.25, 0.3) is 0 Å². The minimum atomic E-state index is -0.891. The molecule has 0 aromatic heterocycles. The summed E-state index contributed by atoms with van der Waals surface area (Å²) >= 11 is 0. The second-order valence-electron chi connectivity index (χ2n) is 8.04. The Hall–Kier alpha value is -1.64. The van der Waals surface area contributed by atoms with E-state index in [1.54, 1.807) is 0 Å². The van der Waals surface area contributed by atoms with Crippen molar-refractivity contribution in [2.24, 2.45) is 5.92 Å². The van der Waals surface area contributed by atoms with Crippen LogP contribution >= 0.6 is 0 Å². The smallest absolute Gasteiger partial charge is 0.115 e. The van der Waals surface area contributed by atoms with E-state index in [0.717, 1.165) is 17.5 Å². The Balaban J connectivity index is 1.64. The molecule has 2 aromatic carbocycles. The molecular weight excluding hydrogens is 306 g/mol. The fourth-order valence-corrected chi connectivity index (χ4v) is 5.14. The summed E-state index contributed by atoms with van der Waals surface area (Å²) in [5, 5.41) is 11.8. The Kier molecular flexibility index (Phi) is 4.66. The predicted molar refractivity (Wildman–Crippen MR) is 102 cm³/mol. The summed E-state index contributed by atoms with van der Waals surface area (Å²) in [6.45, 7) is 0. The number of nitrogens with zero attached hydrogens (tertiary/aromatic N) is 1. The molecule has 2 nitrogen and oxygen atoms in total. The molecule has 2 heterocycles. The maximum Gasteiger partial charge on any atom is 0.115 e. The summed E-state index contributed by atoms with van der Waals surface area (Å²) in [6, 6.07) is 21.9. The first-order chi connectivity index (χ1) is 12.2. The Morgan fingerprint density at radius 2 is 1.36 bits per heavy atom. The first-order valence-electron chi connectivity index (χ1n) is 9.72. The lowest BCUT2D eigenvalue weighted by Crippen LogP contribution is -2.50. The maximum absolute atomic E-state index is 11.8. The molecule has 2 aliphatic rings. The van der Waals surface area contributed by atoms with Gasteiger partial charge < -0.3 is 10.0 Å². The third kappa shape index (κ3) is 3.26. The van der Waals surface area contributed by atoms with Gasteiger partial charge in [-0.1, -0.05) is 67.1 Å². The average Bonchev–Trinajstić information content (AvgIpc) is 2.64. The van der Waals surface area contributed by atoms with Crippen molar-refractivity contribution in [2.45, 2.75) is 56.2 Å². The van der Waals surface area contributed by atoms with Crippen LogP contribution in [0.2, 0.25) is 0 Å². The highest BCUT2D eigenvalue weighted by atomic mass is 16.3. The van der Waals surface area contributed by atoms with Crippen LogP contribution in [-0.2, 0) is 5.60 Å². The second-order valence-corrected chi connectivity index (χ2v) is 8.04. The van der Waals surface area contributed by atoms with Gasteiger partial charge in [0.1, 0.15) is 5.60 Å². The van der Waals surface area contributed by atoms with Crippen molar-refractivity contribution in [1.29, 1.82) is 0 Å². The van der Waals surface area contributed by atoms with Crippen LogP contribution in [0.15, 0.2) is 60.7 Å². The molecule has 0 spiro atoms. The number of benzene rings is 2. The van der Waals surface area contributed by atoms with E-state index in [1.807, 2.05) is 36.4 Å². The van der Waals surface area contributed by atoms with Gasteiger partial charge in [-0.15, -0.1) is 0 Å². The van der Waals surface area contributed by atoms with Crippen molar-refractivity contribution in [3.8, 4) is 0 Å². The van der Waals surface area contributed by atoms with Crippen LogP contribution < -0.4 is 0 Å². The van der Waals surface area contributed by atoms with Crippen LogP contribution in [0.25, 0.3) is 0 Å². The molecule has 0 radical (unpaired) electrons. The summed E-state index contributed by atoms with van der Waals surface area (Å²) in [7, 11) is 2.30. The molecule has 0 amide bonds. The Morgan fingerprint density at radius 3 is 1.84 bits per heavy atom. The zero-order valence-electron chi connectivity index (χ0n) is 15.1. The van der Waals surface area contributed by atoms with E-state index in [9.17, 15) is 5.11 Å². The third-order valence-electron chi connectivity index (χ3n) is 6.52. The summed E-state index contributed by atoms with van der Waals surface area (Å²) in [5.41, 5.74) is 1.15. The Bertz CT molecular complexity index is 630. The largest absolute Gasteiger partial charge is 0.380 e. The highest BCUT2D eigenvalue weighted by molar-refractivity contribution is 5.36. The van der Waals surface area contributed by atoms with Gasteiger partial charge in [-0.3, -0.25) is 0 Å². The van der Waals surface area contributed by atoms with Gasteiger partial charge in [0.15, 0.2) is 0 Å². The average molecular weight is 335 g/mol. The molecule has 132 valence electrons. The standard InChI is InChI=1S/C23H29NO/c1-24-21-13-8-14-22(24)16-18(15-21)17-23(25,19-9-4-2-5-10-19)20-11-6-3-7-12-20/h2-7,9-12,18,21-22,25H,8,13-17H2,1H3. The molecule has 2 unspecified atom stereocenters. The van der Waals surface area contributed by atoms with Crippen molar-refractivity contribution in [3.05, 3.63) is 71.8 Å². The normalized spacial score (nSPS) is 27.2. The lowest BCUT2D eigenvalue weighted by atomic mass is 9.71. The van der Waals surface area contributed by atoms with Crippen LogP contribution in [0.3, 0.4) is 0 Å². The minimum Gasteiger partial charge on any atom is -0.380 e. The number of fused-ring (bicyclic) bond motifs is 2. The zero-order valence-corrected chi connectivity index (χ0v) is 15.1. The third-order valence-corrected chi connectivity index (χ3v) is 6.52. The van der Waals surface area contributed by atoms with E-state index >= 15 is 0 Å². The van der Waals surface area contributed by atoms with Gasteiger partial charge in [0.2, 0.25) is 0 Å². The van der Waals surface area contributed by atoms with E-state index in [0.29, 0.717) is 18.0 Å². The second kappa shape index (κ2) is 6.93. The van der Waals surface area contributed by atoms with E-state index in [-0.39, 0.29) is 0 Å². The molecule has 25 heavy (non-hydrogen) atoms.